The number of carbonyl (C=O) groups is 1. The van der Waals surface area contributed by atoms with Crippen molar-refractivity contribution in [3.8, 4) is 11.5 Å². The first-order chi connectivity index (χ1) is 13.3. The summed E-state index contributed by atoms with van der Waals surface area (Å²) in [7, 11) is -2.16. The maximum Gasteiger partial charge on any atom is 0.248 e. The number of ether oxygens (including phenoxy) is 2. The minimum Gasteiger partial charge on any atom is -0.497 e. The first-order valence-corrected chi connectivity index (χ1v) is 10.8. The summed E-state index contributed by atoms with van der Waals surface area (Å²) in [6.45, 7) is 4.21. The SMILES string of the molecule is CCOc1ccc(NC(=O)[C@@H](CC)N(c2ccc(OC)cc2)S(C)(=O)=O)cc1. The minimum absolute atomic E-state index is 0.308. The molecular formula is C20H26N2O5S. The van der Waals surface area contributed by atoms with Crippen LogP contribution < -0.4 is 19.1 Å². The van der Waals surface area contributed by atoms with Gasteiger partial charge in [-0.25, -0.2) is 8.42 Å². The van der Waals surface area contributed by atoms with E-state index in [0.29, 0.717) is 35.9 Å². The number of methoxy groups -OCH3 is 1. The van der Waals surface area contributed by atoms with Crippen molar-refractivity contribution < 1.29 is 22.7 Å². The van der Waals surface area contributed by atoms with E-state index >= 15 is 0 Å². The fourth-order valence-corrected chi connectivity index (χ4v) is 4.03. The summed E-state index contributed by atoms with van der Waals surface area (Å²) in [6.07, 6.45) is 1.39. The number of nitrogens with one attached hydrogen (secondary N) is 1. The minimum atomic E-state index is -3.69. The first kappa shape index (κ1) is 21.6. The number of benzene rings is 2. The Labute approximate surface area is 166 Å². The van der Waals surface area contributed by atoms with Gasteiger partial charge in [0.05, 0.1) is 25.7 Å². The summed E-state index contributed by atoms with van der Waals surface area (Å²) in [5, 5.41) is 2.78. The lowest BCUT2D eigenvalue weighted by atomic mass is 10.1. The quantitative estimate of drug-likeness (QED) is 0.691. The van der Waals surface area contributed by atoms with Gasteiger partial charge in [-0.05, 0) is 61.9 Å². The number of anilines is 2. The molecule has 1 atom stereocenters. The van der Waals surface area contributed by atoms with Crippen LogP contribution in [0.4, 0.5) is 11.4 Å². The van der Waals surface area contributed by atoms with Gasteiger partial charge in [0.2, 0.25) is 15.9 Å². The summed E-state index contributed by atoms with van der Waals surface area (Å²) in [5.41, 5.74) is 0.965. The Bertz CT molecular complexity index is 880. The van der Waals surface area contributed by atoms with Gasteiger partial charge < -0.3 is 14.8 Å². The second-order valence-electron chi connectivity index (χ2n) is 6.13. The summed E-state index contributed by atoms with van der Waals surface area (Å²) in [4.78, 5) is 12.9. The number of carbonyl (C=O) groups excluding carboxylic acids is 1. The van der Waals surface area contributed by atoms with Crippen molar-refractivity contribution in [2.24, 2.45) is 0 Å². The van der Waals surface area contributed by atoms with Crippen LogP contribution >= 0.6 is 0 Å². The summed E-state index contributed by atoms with van der Waals surface area (Å²) in [5.74, 6) is 0.889. The molecular weight excluding hydrogens is 380 g/mol. The lowest BCUT2D eigenvalue weighted by molar-refractivity contribution is -0.117. The molecule has 0 heterocycles. The Balaban J connectivity index is 2.27. The van der Waals surface area contributed by atoms with Crippen LogP contribution in [0.15, 0.2) is 48.5 Å². The van der Waals surface area contributed by atoms with Crippen LogP contribution in [0.3, 0.4) is 0 Å². The number of sulfonamides is 1. The molecule has 0 aliphatic heterocycles. The molecule has 2 aromatic carbocycles. The van der Waals surface area contributed by atoms with Crippen LogP contribution in [-0.4, -0.2) is 40.3 Å². The van der Waals surface area contributed by atoms with E-state index in [0.717, 1.165) is 10.6 Å². The van der Waals surface area contributed by atoms with Crippen LogP contribution in [0.2, 0.25) is 0 Å². The predicted molar refractivity (Wildman–Crippen MR) is 111 cm³/mol. The molecule has 2 aromatic rings. The molecule has 2 rings (SSSR count). The zero-order chi connectivity index (χ0) is 20.7. The Morgan fingerprint density at radius 2 is 1.61 bits per heavy atom. The highest BCUT2D eigenvalue weighted by Gasteiger charge is 2.31. The fourth-order valence-electron chi connectivity index (χ4n) is 2.82. The van der Waals surface area contributed by atoms with Crippen molar-refractivity contribution in [2.75, 3.05) is 29.6 Å². The Morgan fingerprint density at radius 1 is 1.04 bits per heavy atom. The zero-order valence-electron chi connectivity index (χ0n) is 16.5. The molecule has 0 bridgehead atoms. The fraction of sp³-hybridized carbons (Fsp3) is 0.350. The number of hydrogen-bond acceptors (Lipinski definition) is 5. The summed E-state index contributed by atoms with van der Waals surface area (Å²) in [6, 6.07) is 12.6. The number of amides is 1. The molecule has 0 fully saturated rings. The molecule has 1 N–H and O–H groups in total. The van der Waals surface area contributed by atoms with Crippen molar-refractivity contribution in [3.63, 3.8) is 0 Å². The second kappa shape index (κ2) is 9.45. The van der Waals surface area contributed by atoms with Crippen LogP contribution in [-0.2, 0) is 14.8 Å². The molecule has 0 saturated heterocycles. The highest BCUT2D eigenvalue weighted by Crippen LogP contribution is 2.26. The molecule has 0 saturated carbocycles. The summed E-state index contributed by atoms with van der Waals surface area (Å²) >= 11 is 0. The average molecular weight is 407 g/mol. The van der Waals surface area contributed by atoms with Gasteiger partial charge in [-0.3, -0.25) is 9.10 Å². The van der Waals surface area contributed by atoms with Crippen LogP contribution in [0.5, 0.6) is 11.5 Å². The molecule has 152 valence electrons. The molecule has 0 radical (unpaired) electrons. The zero-order valence-corrected chi connectivity index (χ0v) is 17.3. The lowest BCUT2D eigenvalue weighted by Crippen LogP contribution is -2.46. The van der Waals surface area contributed by atoms with E-state index < -0.39 is 22.0 Å². The average Bonchev–Trinajstić information content (AvgIpc) is 2.67. The van der Waals surface area contributed by atoms with Gasteiger partial charge in [-0.1, -0.05) is 6.92 Å². The lowest BCUT2D eigenvalue weighted by Gasteiger charge is -2.30. The van der Waals surface area contributed by atoms with Crippen molar-refractivity contribution in [3.05, 3.63) is 48.5 Å². The molecule has 0 unspecified atom stereocenters. The smallest absolute Gasteiger partial charge is 0.248 e. The Hall–Kier alpha value is -2.74. The summed E-state index contributed by atoms with van der Waals surface area (Å²) < 4.78 is 36.6. The number of rotatable bonds is 9. The van der Waals surface area contributed by atoms with E-state index in [9.17, 15) is 13.2 Å². The van der Waals surface area contributed by atoms with Gasteiger partial charge in [0.1, 0.15) is 17.5 Å². The standard InChI is InChI=1S/C20H26N2O5S/c1-5-19(20(23)21-15-7-11-18(12-8-15)27-6-2)22(28(4,24)25)16-9-13-17(26-3)14-10-16/h7-14,19H,5-6H2,1-4H3,(H,21,23)/t19-/m1/s1. The Morgan fingerprint density at radius 3 is 2.07 bits per heavy atom. The molecule has 0 aliphatic rings. The second-order valence-corrected chi connectivity index (χ2v) is 7.99. The highest BCUT2D eigenvalue weighted by atomic mass is 32.2. The van der Waals surface area contributed by atoms with Gasteiger partial charge in [0.15, 0.2) is 0 Å². The van der Waals surface area contributed by atoms with E-state index in [-0.39, 0.29) is 0 Å². The van der Waals surface area contributed by atoms with Gasteiger partial charge in [0, 0.05) is 5.69 Å². The molecule has 8 heteroatoms. The molecule has 0 aromatic heterocycles. The van der Waals surface area contributed by atoms with E-state index in [4.69, 9.17) is 9.47 Å². The van der Waals surface area contributed by atoms with E-state index in [1.165, 1.54) is 7.11 Å². The third kappa shape index (κ3) is 5.39. The van der Waals surface area contributed by atoms with Crippen molar-refractivity contribution in [1.82, 2.24) is 0 Å². The van der Waals surface area contributed by atoms with Gasteiger partial charge in [0.25, 0.3) is 0 Å². The molecule has 7 nitrogen and oxygen atoms in total. The third-order valence-electron chi connectivity index (χ3n) is 4.09. The number of hydrogen-bond donors (Lipinski definition) is 1. The molecule has 1 amide bonds. The normalized spacial score (nSPS) is 12.1. The monoisotopic (exact) mass is 406 g/mol. The van der Waals surface area contributed by atoms with Crippen LogP contribution in [0.1, 0.15) is 20.3 Å². The maximum atomic E-state index is 12.9. The maximum absolute atomic E-state index is 12.9. The van der Waals surface area contributed by atoms with Crippen molar-refractivity contribution in [1.29, 1.82) is 0 Å². The molecule has 0 spiro atoms. The highest BCUT2D eigenvalue weighted by molar-refractivity contribution is 7.92. The topological polar surface area (TPSA) is 84.9 Å². The van der Waals surface area contributed by atoms with Gasteiger partial charge in [-0.2, -0.15) is 0 Å². The first-order valence-electron chi connectivity index (χ1n) is 8.97. The molecule has 28 heavy (non-hydrogen) atoms. The third-order valence-corrected chi connectivity index (χ3v) is 5.27. The molecule has 0 aliphatic carbocycles. The largest absolute Gasteiger partial charge is 0.497 e. The van der Waals surface area contributed by atoms with Crippen LogP contribution in [0, 0.1) is 0 Å². The van der Waals surface area contributed by atoms with Crippen molar-refractivity contribution in [2.45, 2.75) is 26.3 Å². The van der Waals surface area contributed by atoms with E-state index in [1.54, 1.807) is 55.5 Å². The Kier molecular flexibility index (Phi) is 7.28. The van der Waals surface area contributed by atoms with Gasteiger partial charge >= 0.3 is 0 Å². The van der Waals surface area contributed by atoms with Gasteiger partial charge in [-0.15, -0.1) is 0 Å². The number of nitrogens with zero attached hydrogens (tertiary/aromatic N) is 1. The van der Waals surface area contributed by atoms with E-state index in [2.05, 4.69) is 5.32 Å². The van der Waals surface area contributed by atoms with Crippen LogP contribution in [0.25, 0.3) is 0 Å². The van der Waals surface area contributed by atoms with Crippen molar-refractivity contribution >= 4 is 27.3 Å². The predicted octanol–water partition coefficient (Wildman–Crippen LogP) is 3.28. The van der Waals surface area contributed by atoms with E-state index in [1.807, 2.05) is 6.92 Å².